The summed E-state index contributed by atoms with van der Waals surface area (Å²) < 4.78 is 0. The molecular formula is C14H28N4O. The fourth-order valence-corrected chi connectivity index (χ4v) is 2.94. The van der Waals surface area contributed by atoms with Crippen LogP contribution in [0.2, 0.25) is 0 Å². The Morgan fingerprint density at radius 3 is 2.47 bits per heavy atom. The number of rotatable bonds is 4. The first-order valence-electron chi connectivity index (χ1n) is 7.65. The van der Waals surface area contributed by atoms with Crippen LogP contribution in [0.25, 0.3) is 0 Å². The number of piperazine rings is 2. The summed E-state index contributed by atoms with van der Waals surface area (Å²) in [6, 6.07) is 0.346. The van der Waals surface area contributed by atoms with E-state index in [4.69, 9.17) is 0 Å². The van der Waals surface area contributed by atoms with E-state index < -0.39 is 0 Å². The minimum Gasteiger partial charge on any atom is -0.337 e. The molecule has 19 heavy (non-hydrogen) atoms. The molecule has 1 unspecified atom stereocenters. The summed E-state index contributed by atoms with van der Waals surface area (Å²) in [4.78, 5) is 19.2. The minimum absolute atomic E-state index is 0.326. The van der Waals surface area contributed by atoms with Crippen molar-refractivity contribution in [1.29, 1.82) is 0 Å². The van der Waals surface area contributed by atoms with Gasteiger partial charge in [-0.2, -0.15) is 0 Å². The van der Waals surface area contributed by atoms with Crippen LogP contribution in [0.5, 0.6) is 0 Å². The molecule has 2 aliphatic heterocycles. The van der Waals surface area contributed by atoms with Crippen molar-refractivity contribution in [2.75, 3.05) is 58.9 Å². The van der Waals surface area contributed by atoms with E-state index in [0.717, 1.165) is 58.9 Å². The number of amides is 1. The Kier molecular flexibility index (Phi) is 5.60. The van der Waals surface area contributed by atoms with Gasteiger partial charge in [0, 0.05) is 64.8 Å². The highest BCUT2D eigenvalue weighted by Crippen LogP contribution is 2.07. The fourth-order valence-electron chi connectivity index (χ4n) is 2.94. The molecule has 1 amide bonds. The van der Waals surface area contributed by atoms with Crippen LogP contribution in [0.3, 0.4) is 0 Å². The molecule has 2 aliphatic rings. The Labute approximate surface area is 116 Å². The lowest BCUT2D eigenvalue weighted by atomic mass is 10.2. The Balaban J connectivity index is 1.69. The number of hydrogen-bond donors (Lipinski definition) is 1. The molecule has 0 aromatic rings. The van der Waals surface area contributed by atoms with Gasteiger partial charge in [0.1, 0.15) is 0 Å². The zero-order valence-electron chi connectivity index (χ0n) is 12.4. The lowest BCUT2D eigenvalue weighted by molar-refractivity contribution is -0.134. The first-order valence-corrected chi connectivity index (χ1v) is 7.65. The molecule has 0 aromatic carbocycles. The van der Waals surface area contributed by atoms with Crippen molar-refractivity contribution in [1.82, 2.24) is 20.0 Å². The van der Waals surface area contributed by atoms with Crippen LogP contribution >= 0.6 is 0 Å². The van der Waals surface area contributed by atoms with Gasteiger partial charge in [-0.3, -0.25) is 4.79 Å². The predicted molar refractivity (Wildman–Crippen MR) is 77.2 cm³/mol. The van der Waals surface area contributed by atoms with Crippen molar-refractivity contribution in [3.63, 3.8) is 0 Å². The van der Waals surface area contributed by atoms with Gasteiger partial charge in [0.15, 0.2) is 0 Å². The van der Waals surface area contributed by atoms with Gasteiger partial charge in [-0.25, -0.2) is 0 Å². The highest BCUT2D eigenvalue weighted by Gasteiger charge is 2.23. The van der Waals surface area contributed by atoms with Crippen LogP contribution in [0.4, 0.5) is 0 Å². The highest BCUT2D eigenvalue weighted by atomic mass is 16.2. The van der Waals surface area contributed by atoms with Crippen molar-refractivity contribution in [2.45, 2.75) is 26.3 Å². The van der Waals surface area contributed by atoms with Gasteiger partial charge in [0.05, 0.1) is 0 Å². The third-order valence-corrected chi connectivity index (χ3v) is 4.38. The van der Waals surface area contributed by atoms with Crippen LogP contribution < -0.4 is 5.32 Å². The molecule has 0 aliphatic carbocycles. The maximum absolute atomic E-state index is 12.2. The summed E-state index contributed by atoms with van der Waals surface area (Å²) in [7, 11) is 0. The van der Waals surface area contributed by atoms with E-state index in [1.807, 2.05) is 4.90 Å². The lowest BCUT2D eigenvalue weighted by Crippen LogP contribution is -2.53. The monoisotopic (exact) mass is 268 g/mol. The van der Waals surface area contributed by atoms with Crippen LogP contribution in [-0.2, 0) is 4.79 Å². The third kappa shape index (κ3) is 4.16. The quantitative estimate of drug-likeness (QED) is 0.769. The Hall–Kier alpha value is -0.650. The molecule has 0 spiro atoms. The van der Waals surface area contributed by atoms with Crippen LogP contribution in [0.1, 0.15) is 20.3 Å². The van der Waals surface area contributed by atoms with Crippen molar-refractivity contribution in [3.05, 3.63) is 0 Å². The molecule has 5 nitrogen and oxygen atoms in total. The van der Waals surface area contributed by atoms with Gasteiger partial charge < -0.3 is 20.0 Å². The summed E-state index contributed by atoms with van der Waals surface area (Å²) in [5.41, 5.74) is 0. The van der Waals surface area contributed by atoms with Crippen LogP contribution in [-0.4, -0.2) is 85.6 Å². The normalized spacial score (nSPS) is 26.6. The van der Waals surface area contributed by atoms with Gasteiger partial charge in [-0.1, -0.05) is 6.92 Å². The molecule has 2 rings (SSSR count). The number of likely N-dealkylation sites (N-methyl/N-ethyl adjacent to an activating group) is 1. The first-order chi connectivity index (χ1) is 9.20. The second kappa shape index (κ2) is 7.22. The van der Waals surface area contributed by atoms with E-state index in [1.165, 1.54) is 0 Å². The SMILES string of the molecule is CCN1CCN(CCC(=O)N2CCNCC2C)CC1. The average molecular weight is 268 g/mol. The smallest absolute Gasteiger partial charge is 0.224 e. The maximum atomic E-state index is 12.2. The molecule has 0 aromatic heterocycles. The van der Waals surface area contributed by atoms with Crippen LogP contribution in [0, 0.1) is 0 Å². The summed E-state index contributed by atoms with van der Waals surface area (Å²) in [6.45, 7) is 13.7. The van der Waals surface area contributed by atoms with E-state index in [0.29, 0.717) is 18.4 Å². The summed E-state index contributed by atoms with van der Waals surface area (Å²) >= 11 is 0. The molecule has 2 heterocycles. The second-order valence-electron chi connectivity index (χ2n) is 5.67. The van der Waals surface area contributed by atoms with Gasteiger partial charge in [-0.15, -0.1) is 0 Å². The largest absolute Gasteiger partial charge is 0.337 e. The summed E-state index contributed by atoms with van der Waals surface area (Å²) in [6.07, 6.45) is 0.677. The Bertz CT molecular complexity index is 289. The fraction of sp³-hybridized carbons (Fsp3) is 0.929. The number of carbonyl (C=O) groups excluding carboxylic acids is 1. The third-order valence-electron chi connectivity index (χ3n) is 4.38. The summed E-state index contributed by atoms with van der Waals surface area (Å²) in [5, 5.41) is 3.33. The van der Waals surface area contributed by atoms with E-state index in [-0.39, 0.29) is 0 Å². The average Bonchev–Trinajstić information content (AvgIpc) is 2.46. The van der Waals surface area contributed by atoms with E-state index >= 15 is 0 Å². The zero-order valence-corrected chi connectivity index (χ0v) is 12.4. The van der Waals surface area contributed by atoms with Crippen molar-refractivity contribution in [3.8, 4) is 0 Å². The molecule has 2 saturated heterocycles. The van der Waals surface area contributed by atoms with Crippen molar-refractivity contribution < 1.29 is 4.79 Å². The Morgan fingerprint density at radius 1 is 1.16 bits per heavy atom. The zero-order chi connectivity index (χ0) is 13.7. The van der Waals surface area contributed by atoms with Gasteiger partial charge in [0.2, 0.25) is 5.91 Å². The molecule has 110 valence electrons. The van der Waals surface area contributed by atoms with Gasteiger partial charge >= 0.3 is 0 Å². The van der Waals surface area contributed by atoms with Gasteiger partial charge in [0.25, 0.3) is 0 Å². The first kappa shape index (κ1) is 14.8. The molecule has 1 N–H and O–H groups in total. The predicted octanol–water partition coefficient (Wildman–Crippen LogP) is -0.166. The van der Waals surface area contributed by atoms with E-state index in [2.05, 4.69) is 29.0 Å². The molecule has 0 saturated carbocycles. The van der Waals surface area contributed by atoms with Crippen LogP contribution in [0.15, 0.2) is 0 Å². The number of carbonyl (C=O) groups is 1. The van der Waals surface area contributed by atoms with Crippen molar-refractivity contribution in [2.24, 2.45) is 0 Å². The molecule has 0 radical (unpaired) electrons. The lowest BCUT2D eigenvalue weighted by Gasteiger charge is -2.36. The summed E-state index contributed by atoms with van der Waals surface area (Å²) in [5.74, 6) is 0.326. The number of hydrogen-bond acceptors (Lipinski definition) is 4. The second-order valence-corrected chi connectivity index (χ2v) is 5.67. The minimum atomic E-state index is 0.326. The maximum Gasteiger partial charge on any atom is 0.224 e. The molecular weight excluding hydrogens is 240 g/mol. The van der Waals surface area contributed by atoms with Gasteiger partial charge in [-0.05, 0) is 13.5 Å². The molecule has 5 heteroatoms. The topological polar surface area (TPSA) is 38.8 Å². The standard InChI is InChI=1S/C14H28N4O/c1-3-16-8-10-17(11-9-16)6-4-14(19)18-7-5-15-12-13(18)2/h13,15H,3-12H2,1-2H3. The number of nitrogens with one attached hydrogen (secondary N) is 1. The molecule has 0 bridgehead atoms. The number of nitrogens with zero attached hydrogens (tertiary/aromatic N) is 3. The van der Waals surface area contributed by atoms with E-state index in [9.17, 15) is 4.79 Å². The Morgan fingerprint density at radius 2 is 1.84 bits per heavy atom. The van der Waals surface area contributed by atoms with Crippen molar-refractivity contribution >= 4 is 5.91 Å². The molecule has 2 fully saturated rings. The molecule has 1 atom stereocenters. The van der Waals surface area contributed by atoms with E-state index in [1.54, 1.807) is 0 Å². The highest BCUT2D eigenvalue weighted by molar-refractivity contribution is 5.76.